The van der Waals surface area contributed by atoms with Crippen LogP contribution in [0.15, 0.2) is 17.7 Å². The van der Waals surface area contributed by atoms with E-state index in [1.54, 1.807) is 0 Å². The molecule has 0 amide bonds. The quantitative estimate of drug-likeness (QED) is 0.160. The predicted molar refractivity (Wildman–Crippen MR) is 163 cm³/mol. The lowest BCUT2D eigenvalue weighted by Gasteiger charge is -2.42. The summed E-state index contributed by atoms with van der Waals surface area (Å²) in [6, 6.07) is 4.24. The third kappa shape index (κ3) is 7.69. The first-order chi connectivity index (χ1) is 18.7. The molecule has 1 aromatic carbocycles. The Kier molecular flexibility index (Phi) is 10.6. The van der Waals surface area contributed by atoms with Crippen LogP contribution in [0.5, 0.6) is 11.5 Å². The number of rotatable bonds is 11. The average molecular weight is 538 g/mol. The van der Waals surface area contributed by atoms with Crippen LogP contribution < -0.4 is 9.47 Å². The molecule has 4 heteroatoms. The molecule has 0 aromatic heterocycles. The van der Waals surface area contributed by atoms with Crippen LogP contribution in [0.3, 0.4) is 0 Å². The molecule has 0 radical (unpaired) electrons. The van der Waals surface area contributed by atoms with Crippen molar-refractivity contribution in [2.45, 2.75) is 137 Å². The van der Waals surface area contributed by atoms with Crippen molar-refractivity contribution in [3.8, 4) is 11.5 Å². The molecule has 0 bridgehead atoms. The zero-order valence-electron chi connectivity index (χ0n) is 25.9. The topological polar surface area (TPSA) is 38.8 Å². The Morgan fingerprint density at radius 2 is 1.85 bits per heavy atom. The lowest BCUT2D eigenvalue weighted by atomic mass is 9.73. The number of carbonyl (C=O) groups is 1. The maximum absolute atomic E-state index is 13.0. The maximum Gasteiger partial charge on any atom is 0.311 e. The van der Waals surface area contributed by atoms with Crippen molar-refractivity contribution in [3.63, 3.8) is 0 Å². The highest BCUT2D eigenvalue weighted by Crippen LogP contribution is 2.52. The Hall–Kier alpha value is -1.81. The van der Waals surface area contributed by atoms with Crippen LogP contribution in [0.1, 0.15) is 142 Å². The minimum atomic E-state index is -0.298. The molecule has 39 heavy (non-hydrogen) atoms. The first-order valence-electron chi connectivity index (χ1n) is 16.2. The number of hydrogen-bond acceptors (Lipinski definition) is 4. The Labute approximate surface area is 238 Å². The SMILES string of the molecule is CCCCCC(C)C(C)c1cc(OC(=O)CCCN2CCCCCC2)cc2c1OC(C)(C)C1=C2CC(C)CC1. The fourth-order valence-corrected chi connectivity index (χ4v) is 6.99. The normalized spacial score (nSPS) is 22.8. The molecular weight excluding hydrogens is 482 g/mol. The molecule has 1 aliphatic carbocycles. The number of unbranched alkanes of at least 4 members (excludes halogenated alkanes) is 2. The van der Waals surface area contributed by atoms with Gasteiger partial charge < -0.3 is 14.4 Å². The Balaban J connectivity index is 1.57. The lowest BCUT2D eigenvalue weighted by molar-refractivity contribution is -0.134. The van der Waals surface area contributed by atoms with E-state index in [4.69, 9.17) is 9.47 Å². The summed E-state index contributed by atoms with van der Waals surface area (Å²) in [6.07, 6.45) is 14.9. The smallest absolute Gasteiger partial charge is 0.311 e. The predicted octanol–water partition coefficient (Wildman–Crippen LogP) is 9.31. The average Bonchev–Trinajstić information content (AvgIpc) is 3.17. The molecule has 3 aliphatic rings. The molecule has 0 N–H and O–H groups in total. The molecule has 1 aromatic rings. The fraction of sp³-hybridized carbons (Fsp3) is 0.743. The highest BCUT2D eigenvalue weighted by Gasteiger charge is 2.39. The zero-order valence-corrected chi connectivity index (χ0v) is 25.9. The molecule has 218 valence electrons. The first kappa shape index (κ1) is 30.2. The van der Waals surface area contributed by atoms with Crippen LogP contribution in [0, 0.1) is 11.8 Å². The number of carbonyl (C=O) groups excluding carboxylic acids is 1. The van der Waals surface area contributed by atoms with Crippen molar-refractivity contribution >= 4 is 11.5 Å². The molecule has 1 saturated heterocycles. The fourth-order valence-electron chi connectivity index (χ4n) is 6.99. The summed E-state index contributed by atoms with van der Waals surface area (Å²) in [5.41, 5.74) is 4.96. The van der Waals surface area contributed by atoms with Crippen LogP contribution in [0.2, 0.25) is 0 Å². The molecule has 0 spiro atoms. The van der Waals surface area contributed by atoms with E-state index >= 15 is 0 Å². The van der Waals surface area contributed by atoms with Crippen molar-refractivity contribution in [1.82, 2.24) is 4.90 Å². The van der Waals surface area contributed by atoms with Gasteiger partial charge in [0.25, 0.3) is 0 Å². The summed E-state index contributed by atoms with van der Waals surface area (Å²) < 4.78 is 12.9. The van der Waals surface area contributed by atoms with Gasteiger partial charge in [0.2, 0.25) is 0 Å². The van der Waals surface area contributed by atoms with Crippen LogP contribution in [0.25, 0.3) is 5.57 Å². The van der Waals surface area contributed by atoms with Gasteiger partial charge in [0.15, 0.2) is 0 Å². The highest BCUT2D eigenvalue weighted by molar-refractivity contribution is 5.81. The van der Waals surface area contributed by atoms with Gasteiger partial charge in [-0.05, 0) is 113 Å². The number of esters is 1. The molecule has 3 atom stereocenters. The minimum absolute atomic E-state index is 0.109. The van der Waals surface area contributed by atoms with Crippen molar-refractivity contribution < 1.29 is 14.3 Å². The van der Waals surface area contributed by atoms with E-state index < -0.39 is 0 Å². The van der Waals surface area contributed by atoms with Gasteiger partial charge in [-0.25, -0.2) is 0 Å². The number of likely N-dealkylation sites (tertiary alicyclic amines) is 1. The van der Waals surface area contributed by atoms with E-state index in [1.807, 2.05) is 0 Å². The Bertz CT molecular complexity index is 1000. The van der Waals surface area contributed by atoms with Crippen LogP contribution in [-0.2, 0) is 4.79 Å². The molecule has 2 heterocycles. The number of allylic oxidation sites excluding steroid dienone is 1. The van der Waals surface area contributed by atoms with E-state index in [-0.39, 0.29) is 11.6 Å². The largest absolute Gasteiger partial charge is 0.483 e. The molecule has 2 aliphatic heterocycles. The van der Waals surface area contributed by atoms with Gasteiger partial charge >= 0.3 is 5.97 Å². The van der Waals surface area contributed by atoms with Gasteiger partial charge in [-0.1, -0.05) is 66.2 Å². The molecular formula is C35H55NO3. The molecule has 4 rings (SSSR count). The van der Waals surface area contributed by atoms with Gasteiger partial charge in [-0.15, -0.1) is 0 Å². The molecule has 0 saturated carbocycles. The maximum atomic E-state index is 13.0. The number of ether oxygens (including phenoxy) is 2. The van der Waals surface area contributed by atoms with Gasteiger partial charge in [-0.2, -0.15) is 0 Å². The van der Waals surface area contributed by atoms with Crippen LogP contribution >= 0.6 is 0 Å². The van der Waals surface area contributed by atoms with Gasteiger partial charge in [0.1, 0.15) is 17.1 Å². The van der Waals surface area contributed by atoms with Crippen molar-refractivity contribution in [1.29, 1.82) is 0 Å². The molecule has 1 fully saturated rings. The molecule has 3 unspecified atom stereocenters. The van der Waals surface area contributed by atoms with E-state index in [0.29, 0.717) is 29.9 Å². The summed E-state index contributed by atoms with van der Waals surface area (Å²) in [5, 5.41) is 0. The third-order valence-corrected chi connectivity index (χ3v) is 9.70. The number of fused-ring (bicyclic) bond motifs is 2. The Morgan fingerprint density at radius 1 is 1.10 bits per heavy atom. The summed E-state index contributed by atoms with van der Waals surface area (Å²) >= 11 is 0. The summed E-state index contributed by atoms with van der Waals surface area (Å²) in [7, 11) is 0. The second kappa shape index (κ2) is 13.7. The van der Waals surface area contributed by atoms with Gasteiger partial charge in [0.05, 0.1) is 0 Å². The second-order valence-electron chi connectivity index (χ2n) is 13.4. The standard InChI is InChI=1S/C35H55NO3/c1-7-8-11-15-26(3)27(4)29-23-28(38-33(37)16-14-21-36-19-12-9-10-13-20-36)24-31-30-22-25(2)17-18-32(30)35(5,6)39-34(29)31/h23-27H,7-22H2,1-6H3. The summed E-state index contributed by atoms with van der Waals surface area (Å²) in [6.45, 7) is 17.1. The third-order valence-electron chi connectivity index (χ3n) is 9.70. The number of nitrogens with zero attached hydrogens (tertiary/aromatic N) is 1. The van der Waals surface area contributed by atoms with Crippen molar-refractivity contribution in [2.24, 2.45) is 11.8 Å². The van der Waals surface area contributed by atoms with Gasteiger partial charge in [0, 0.05) is 17.5 Å². The first-order valence-corrected chi connectivity index (χ1v) is 16.2. The van der Waals surface area contributed by atoms with E-state index in [0.717, 1.165) is 31.6 Å². The molecule has 4 nitrogen and oxygen atoms in total. The highest BCUT2D eigenvalue weighted by atomic mass is 16.5. The van der Waals surface area contributed by atoms with Crippen molar-refractivity contribution in [2.75, 3.05) is 19.6 Å². The lowest BCUT2D eigenvalue weighted by Crippen LogP contribution is -2.37. The minimum Gasteiger partial charge on any atom is -0.483 e. The zero-order chi connectivity index (χ0) is 28.0. The van der Waals surface area contributed by atoms with Crippen LogP contribution in [0.4, 0.5) is 0 Å². The van der Waals surface area contributed by atoms with Crippen molar-refractivity contribution in [3.05, 3.63) is 28.8 Å². The van der Waals surface area contributed by atoms with Gasteiger partial charge in [-0.3, -0.25) is 4.79 Å². The van der Waals surface area contributed by atoms with Crippen LogP contribution in [-0.4, -0.2) is 36.1 Å². The number of hydrogen-bond donors (Lipinski definition) is 0. The van der Waals surface area contributed by atoms with E-state index in [1.165, 1.54) is 93.2 Å². The monoisotopic (exact) mass is 537 g/mol. The summed E-state index contributed by atoms with van der Waals surface area (Å²) in [5.74, 6) is 3.14. The number of benzene rings is 1. The summed E-state index contributed by atoms with van der Waals surface area (Å²) in [4.78, 5) is 15.6. The van der Waals surface area contributed by atoms with E-state index in [9.17, 15) is 4.79 Å². The van der Waals surface area contributed by atoms with E-state index in [2.05, 4.69) is 58.6 Å². The second-order valence-corrected chi connectivity index (χ2v) is 13.4. The Morgan fingerprint density at radius 3 is 2.56 bits per heavy atom.